The van der Waals surface area contributed by atoms with Gasteiger partial charge in [-0.3, -0.25) is 9.59 Å². The molecule has 0 radical (unpaired) electrons. The van der Waals surface area contributed by atoms with Crippen molar-refractivity contribution < 1.29 is 19.1 Å². The zero-order valence-corrected chi connectivity index (χ0v) is 9.62. The van der Waals surface area contributed by atoms with E-state index in [1.165, 1.54) is 0 Å². The first-order valence-electron chi connectivity index (χ1n) is 5.52. The molecule has 16 heavy (non-hydrogen) atoms. The summed E-state index contributed by atoms with van der Waals surface area (Å²) in [5.74, 6) is -2.23. The van der Waals surface area contributed by atoms with Crippen LogP contribution in [0.1, 0.15) is 33.1 Å². The van der Waals surface area contributed by atoms with Crippen molar-refractivity contribution in [2.45, 2.75) is 38.9 Å². The van der Waals surface area contributed by atoms with Crippen molar-refractivity contribution in [1.82, 2.24) is 0 Å². The number of allylic oxidation sites excluding steroid dienone is 1. The second-order valence-electron chi connectivity index (χ2n) is 4.88. The number of carbonyl (C=O) groups is 2. The summed E-state index contributed by atoms with van der Waals surface area (Å²) in [6.07, 6.45) is 3.76. The predicted molar refractivity (Wildman–Crippen MR) is 56.2 cm³/mol. The number of ether oxygens (including phenoxy) is 2. The summed E-state index contributed by atoms with van der Waals surface area (Å²) < 4.78 is 10.4. The molecule has 0 aromatic heterocycles. The lowest BCUT2D eigenvalue weighted by Gasteiger charge is -2.40. The highest BCUT2D eigenvalue weighted by atomic mass is 16.7. The van der Waals surface area contributed by atoms with Gasteiger partial charge in [-0.05, 0) is 12.8 Å². The van der Waals surface area contributed by atoms with E-state index in [2.05, 4.69) is 6.58 Å². The first kappa shape index (κ1) is 11.2. The lowest BCUT2D eigenvalue weighted by molar-refractivity contribution is -0.252. The second-order valence-corrected chi connectivity index (χ2v) is 4.88. The molecule has 2 aliphatic rings. The molecule has 0 amide bonds. The van der Waals surface area contributed by atoms with E-state index in [4.69, 9.17) is 9.47 Å². The number of hydrogen-bond donors (Lipinski definition) is 0. The Morgan fingerprint density at radius 3 is 2.38 bits per heavy atom. The molecule has 88 valence electrons. The van der Waals surface area contributed by atoms with Gasteiger partial charge in [0.25, 0.3) is 5.79 Å². The summed E-state index contributed by atoms with van der Waals surface area (Å²) in [4.78, 5) is 24.1. The van der Waals surface area contributed by atoms with Gasteiger partial charge in [0, 0.05) is 19.8 Å². The molecule has 2 rings (SSSR count). The Kier molecular flexibility index (Phi) is 2.33. The van der Waals surface area contributed by atoms with Gasteiger partial charge in [0.15, 0.2) is 5.41 Å². The van der Waals surface area contributed by atoms with E-state index in [9.17, 15) is 9.59 Å². The Labute approximate surface area is 94.6 Å². The van der Waals surface area contributed by atoms with Crippen molar-refractivity contribution in [1.29, 1.82) is 0 Å². The summed E-state index contributed by atoms with van der Waals surface area (Å²) in [5, 5.41) is 0. The third-order valence-corrected chi connectivity index (χ3v) is 3.41. The average Bonchev–Trinajstić information content (AvgIpc) is 2.57. The van der Waals surface area contributed by atoms with Crippen molar-refractivity contribution in [3.63, 3.8) is 0 Å². The fourth-order valence-corrected chi connectivity index (χ4v) is 2.59. The number of esters is 2. The van der Waals surface area contributed by atoms with E-state index < -0.39 is 23.1 Å². The quantitative estimate of drug-likeness (QED) is 0.387. The average molecular weight is 224 g/mol. The fourth-order valence-electron chi connectivity index (χ4n) is 2.59. The van der Waals surface area contributed by atoms with Crippen LogP contribution in [-0.4, -0.2) is 17.7 Å². The van der Waals surface area contributed by atoms with Crippen LogP contribution < -0.4 is 0 Å². The van der Waals surface area contributed by atoms with Gasteiger partial charge in [-0.25, -0.2) is 0 Å². The maximum Gasteiger partial charge on any atom is 0.327 e. The third kappa shape index (κ3) is 1.36. The van der Waals surface area contributed by atoms with E-state index in [1.807, 2.05) is 0 Å². The molecule has 1 aliphatic carbocycles. The Bertz CT molecular complexity index is 336. The van der Waals surface area contributed by atoms with Crippen LogP contribution >= 0.6 is 0 Å². The Morgan fingerprint density at radius 2 is 1.88 bits per heavy atom. The molecule has 1 aliphatic heterocycles. The third-order valence-electron chi connectivity index (χ3n) is 3.41. The van der Waals surface area contributed by atoms with Gasteiger partial charge >= 0.3 is 11.9 Å². The molecular weight excluding hydrogens is 208 g/mol. The van der Waals surface area contributed by atoms with E-state index in [0.29, 0.717) is 6.42 Å². The minimum atomic E-state index is -1.15. The van der Waals surface area contributed by atoms with Crippen LogP contribution in [0.4, 0.5) is 0 Å². The van der Waals surface area contributed by atoms with Gasteiger partial charge in [-0.2, -0.15) is 0 Å². The minimum absolute atomic E-state index is 0.163. The molecule has 0 aromatic rings. The second kappa shape index (κ2) is 3.34. The molecule has 0 bridgehead atoms. The van der Waals surface area contributed by atoms with Gasteiger partial charge in [0.1, 0.15) is 0 Å². The summed E-state index contributed by atoms with van der Waals surface area (Å²) in [6.45, 7) is 6.81. The maximum absolute atomic E-state index is 12.0. The molecule has 4 nitrogen and oxygen atoms in total. The fraction of sp³-hybridized carbons (Fsp3) is 0.667. The van der Waals surface area contributed by atoms with Gasteiger partial charge in [0.05, 0.1) is 0 Å². The monoisotopic (exact) mass is 224 g/mol. The van der Waals surface area contributed by atoms with Crippen molar-refractivity contribution in [3.8, 4) is 0 Å². The van der Waals surface area contributed by atoms with Crippen LogP contribution in [0.2, 0.25) is 0 Å². The smallest absolute Gasteiger partial charge is 0.327 e. The van der Waals surface area contributed by atoms with Crippen LogP contribution in [0.3, 0.4) is 0 Å². The summed E-state index contributed by atoms with van der Waals surface area (Å²) >= 11 is 0. The molecule has 1 atom stereocenters. The van der Waals surface area contributed by atoms with E-state index in [0.717, 1.165) is 12.8 Å². The zero-order valence-electron chi connectivity index (χ0n) is 9.62. The lowest BCUT2D eigenvalue weighted by Crippen LogP contribution is -2.55. The highest BCUT2D eigenvalue weighted by Gasteiger charge is 2.61. The molecule has 1 spiro atoms. The Hall–Kier alpha value is -1.32. The number of rotatable bonds is 1. The molecule has 0 aromatic carbocycles. The van der Waals surface area contributed by atoms with Crippen LogP contribution in [0.15, 0.2) is 12.7 Å². The van der Waals surface area contributed by atoms with E-state index in [-0.39, 0.29) is 5.92 Å². The van der Waals surface area contributed by atoms with Crippen molar-refractivity contribution in [3.05, 3.63) is 12.7 Å². The summed E-state index contributed by atoms with van der Waals surface area (Å²) in [7, 11) is 0. The van der Waals surface area contributed by atoms with Gasteiger partial charge in [-0.15, -0.1) is 6.58 Å². The van der Waals surface area contributed by atoms with Crippen LogP contribution in [-0.2, 0) is 19.1 Å². The molecule has 1 heterocycles. The van der Waals surface area contributed by atoms with Crippen molar-refractivity contribution >= 4 is 11.9 Å². The maximum atomic E-state index is 12.0. The number of cyclic esters (lactones) is 2. The summed E-state index contributed by atoms with van der Waals surface area (Å²) in [5.41, 5.74) is -1.13. The highest BCUT2D eigenvalue weighted by Crippen LogP contribution is 2.49. The van der Waals surface area contributed by atoms with Gasteiger partial charge < -0.3 is 9.47 Å². The molecule has 1 saturated heterocycles. The van der Waals surface area contributed by atoms with Crippen molar-refractivity contribution in [2.24, 2.45) is 11.3 Å². The van der Waals surface area contributed by atoms with Gasteiger partial charge in [0.2, 0.25) is 0 Å². The van der Waals surface area contributed by atoms with Gasteiger partial charge in [-0.1, -0.05) is 12.5 Å². The largest absolute Gasteiger partial charge is 0.422 e. The molecule has 1 saturated carbocycles. The number of hydrogen-bond acceptors (Lipinski definition) is 4. The number of carbonyl (C=O) groups excluding carboxylic acids is 2. The van der Waals surface area contributed by atoms with Crippen LogP contribution in [0, 0.1) is 11.3 Å². The van der Waals surface area contributed by atoms with Crippen molar-refractivity contribution in [2.75, 3.05) is 0 Å². The highest BCUT2D eigenvalue weighted by molar-refractivity contribution is 6.02. The first-order valence-corrected chi connectivity index (χ1v) is 5.52. The normalized spacial score (nSPS) is 31.0. The zero-order chi connectivity index (χ0) is 12.0. The molecule has 0 N–H and O–H groups in total. The summed E-state index contributed by atoms with van der Waals surface area (Å²) in [6, 6.07) is 0. The molecule has 2 fully saturated rings. The van der Waals surface area contributed by atoms with Crippen LogP contribution in [0.5, 0.6) is 0 Å². The topological polar surface area (TPSA) is 52.6 Å². The molecular formula is C12H16O4. The SMILES string of the molecule is C=CC1CCCC12C(=O)OC(C)(C)OC2=O. The molecule has 4 heteroatoms. The first-order chi connectivity index (χ1) is 7.42. The lowest BCUT2D eigenvalue weighted by atomic mass is 9.77. The Balaban J connectivity index is 2.38. The van der Waals surface area contributed by atoms with E-state index >= 15 is 0 Å². The predicted octanol–water partition coefficient (Wildman–Crippen LogP) is 1.79. The van der Waals surface area contributed by atoms with Crippen LogP contribution in [0.25, 0.3) is 0 Å². The standard InChI is InChI=1S/C12H16O4/c1-4-8-6-5-7-12(8)9(13)15-11(2,3)16-10(12)14/h4,8H,1,5-7H2,2-3H3. The Morgan fingerprint density at radius 1 is 1.31 bits per heavy atom. The van der Waals surface area contributed by atoms with E-state index in [1.54, 1.807) is 19.9 Å². The molecule has 1 unspecified atom stereocenters. The minimum Gasteiger partial charge on any atom is -0.422 e.